The van der Waals surface area contributed by atoms with E-state index in [-0.39, 0.29) is 23.6 Å². The summed E-state index contributed by atoms with van der Waals surface area (Å²) < 4.78 is 1.56. The van der Waals surface area contributed by atoms with Gasteiger partial charge in [-0.2, -0.15) is 0 Å². The van der Waals surface area contributed by atoms with Gasteiger partial charge in [0.25, 0.3) is 11.2 Å². The maximum atomic E-state index is 12.6. The molecular formula is C19H16N6O4S. The molecule has 0 saturated heterocycles. The van der Waals surface area contributed by atoms with E-state index in [0.717, 1.165) is 5.69 Å². The molecule has 3 aromatic heterocycles. The Balaban J connectivity index is 1.53. The molecule has 152 valence electrons. The lowest BCUT2D eigenvalue weighted by Crippen LogP contribution is -2.17. The summed E-state index contributed by atoms with van der Waals surface area (Å²) in [6, 6.07) is 7.55. The molecule has 1 amide bonds. The third-order valence-corrected chi connectivity index (χ3v) is 5.40. The molecule has 4 rings (SSSR count). The maximum absolute atomic E-state index is 12.6. The van der Waals surface area contributed by atoms with Gasteiger partial charge in [-0.05, 0) is 13.8 Å². The van der Waals surface area contributed by atoms with Crippen LogP contribution >= 0.6 is 11.3 Å². The molecular weight excluding hydrogens is 408 g/mol. The Morgan fingerprint density at radius 3 is 2.87 bits per heavy atom. The molecule has 0 aliphatic carbocycles. The number of thiazole rings is 1. The number of aromatic amines is 1. The Labute approximate surface area is 173 Å². The summed E-state index contributed by atoms with van der Waals surface area (Å²) in [6.07, 6.45) is 0.0620. The number of amides is 1. The molecule has 0 fully saturated rings. The molecule has 11 heteroatoms. The molecule has 4 aromatic rings. The lowest BCUT2D eigenvalue weighted by molar-refractivity contribution is -0.384. The highest BCUT2D eigenvalue weighted by molar-refractivity contribution is 7.14. The number of carbonyl (C=O) groups excluding carboxylic acids is 1. The van der Waals surface area contributed by atoms with Crippen molar-refractivity contribution in [3.8, 4) is 11.3 Å². The van der Waals surface area contributed by atoms with Gasteiger partial charge in [0.05, 0.1) is 17.0 Å². The van der Waals surface area contributed by atoms with Crippen LogP contribution in [0.4, 0.5) is 10.8 Å². The van der Waals surface area contributed by atoms with Crippen molar-refractivity contribution < 1.29 is 9.72 Å². The SMILES string of the molecule is Cc1nc2cc(=O)[nH]n2c(C)c1CC(=O)Nc1nc(-c2cccc([N+](=O)[O-])c2)cs1. The van der Waals surface area contributed by atoms with E-state index in [4.69, 9.17) is 0 Å². The van der Waals surface area contributed by atoms with E-state index in [1.165, 1.54) is 29.5 Å². The average Bonchev–Trinajstić information content (AvgIpc) is 3.31. The number of non-ortho nitro benzene ring substituents is 1. The Morgan fingerprint density at radius 2 is 2.10 bits per heavy atom. The molecule has 0 atom stereocenters. The van der Waals surface area contributed by atoms with Crippen molar-refractivity contribution in [2.75, 3.05) is 5.32 Å². The van der Waals surface area contributed by atoms with Gasteiger partial charge in [0, 0.05) is 46.1 Å². The minimum absolute atomic E-state index is 0.0250. The third-order valence-electron chi connectivity index (χ3n) is 4.64. The zero-order valence-corrected chi connectivity index (χ0v) is 16.8. The Kier molecular flexibility index (Phi) is 4.88. The van der Waals surface area contributed by atoms with E-state index >= 15 is 0 Å². The topological polar surface area (TPSA) is 135 Å². The molecule has 3 heterocycles. The number of benzene rings is 1. The predicted octanol–water partition coefficient (Wildman–Crippen LogP) is 2.85. The largest absolute Gasteiger partial charge is 0.302 e. The van der Waals surface area contributed by atoms with Crippen molar-refractivity contribution in [1.82, 2.24) is 19.6 Å². The van der Waals surface area contributed by atoms with Gasteiger partial charge in [0.2, 0.25) is 5.91 Å². The van der Waals surface area contributed by atoms with E-state index < -0.39 is 4.92 Å². The second-order valence-electron chi connectivity index (χ2n) is 6.65. The molecule has 0 bridgehead atoms. The second-order valence-corrected chi connectivity index (χ2v) is 7.50. The van der Waals surface area contributed by atoms with Gasteiger partial charge in [0.15, 0.2) is 10.8 Å². The predicted molar refractivity (Wildman–Crippen MR) is 112 cm³/mol. The number of anilines is 1. The van der Waals surface area contributed by atoms with Crippen LogP contribution < -0.4 is 10.9 Å². The van der Waals surface area contributed by atoms with E-state index in [1.807, 2.05) is 6.92 Å². The molecule has 30 heavy (non-hydrogen) atoms. The number of nitrogens with one attached hydrogen (secondary N) is 2. The smallest absolute Gasteiger partial charge is 0.270 e. The summed E-state index contributed by atoms with van der Waals surface area (Å²) in [7, 11) is 0. The van der Waals surface area contributed by atoms with Gasteiger partial charge in [-0.3, -0.25) is 24.8 Å². The monoisotopic (exact) mass is 424 g/mol. The van der Waals surface area contributed by atoms with Crippen LogP contribution in [0.1, 0.15) is 17.0 Å². The quantitative estimate of drug-likeness (QED) is 0.373. The minimum atomic E-state index is -0.466. The maximum Gasteiger partial charge on any atom is 0.270 e. The van der Waals surface area contributed by atoms with Crippen LogP contribution in [-0.2, 0) is 11.2 Å². The Bertz CT molecular complexity index is 1350. The number of nitro groups is 1. The van der Waals surface area contributed by atoms with Gasteiger partial charge in [-0.15, -0.1) is 11.3 Å². The summed E-state index contributed by atoms with van der Waals surface area (Å²) >= 11 is 1.23. The highest BCUT2D eigenvalue weighted by atomic mass is 32.1. The summed E-state index contributed by atoms with van der Waals surface area (Å²) in [5, 5.41) is 18.5. The zero-order chi connectivity index (χ0) is 21.4. The first-order valence-corrected chi connectivity index (χ1v) is 9.78. The molecule has 0 saturated carbocycles. The fraction of sp³-hybridized carbons (Fsp3) is 0.158. The van der Waals surface area contributed by atoms with Crippen LogP contribution in [0, 0.1) is 24.0 Å². The van der Waals surface area contributed by atoms with E-state index in [0.29, 0.717) is 33.3 Å². The van der Waals surface area contributed by atoms with E-state index in [9.17, 15) is 19.7 Å². The minimum Gasteiger partial charge on any atom is -0.302 e. The standard InChI is InChI=1S/C19H16N6O4S/c1-10-14(11(2)24-16(20-10)8-18(27)23-24)7-17(26)22-19-21-15(9-30-19)12-4-3-5-13(6-12)25(28)29/h3-6,8-9H,7H2,1-2H3,(H,23,27)(H,21,22,26). The number of fused-ring (bicyclic) bond motifs is 1. The first-order chi connectivity index (χ1) is 14.3. The van der Waals surface area contributed by atoms with E-state index in [1.54, 1.807) is 29.0 Å². The molecule has 0 aliphatic rings. The molecule has 0 unspecified atom stereocenters. The van der Waals surface area contributed by atoms with Gasteiger partial charge in [0.1, 0.15) is 0 Å². The average molecular weight is 424 g/mol. The number of aryl methyl sites for hydroxylation is 2. The van der Waals surface area contributed by atoms with Crippen LogP contribution in [0.25, 0.3) is 16.9 Å². The Hall–Kier alpha value is -3.86. The number of H-pyrrole nitrogens is 1. The highest BCUT2D eigenvalue weighted by Gasteiger charge is 2.16. The fourth-order valence-corrected chi connectivity index (χ4v) is 3.91. The van der Waals surface area contributed by atoms with Crippen molar-refractivity contribution in [2.45, 2.75) is 20.3 Å². The number of carbonyl (C=O) groups is 1. The lowest BCUT2D eigenvalue weighted by atomic mass is 10.1. The summed E-state index contributed by atoms with van der Waals surface area (Å²) in [5.74, 6) is -0.281. The van der Waals surface area contributed by atoms with Crippen LogP contribution in [0.15, 0.2) is 40.5 Å². The Morgan fingerprint density at radius 1 is 1.30 bits per heavy atom. The normalized spacial score (nSPS) is 11.0. The van der Waals surface area contributed by atoms with Crippen LogP contribution in [0.3, 0.4) is 0 Å². The number of nitrogens with zero attached hydrogens (tertiary/aromatic N) is 4. The van der Waals surface area contributed by atoms with E-state index in [2.05, 4.69) is 20.4 Å². The highest BCUT2D eigenvalue weighted by Crippen LogP contribution is 2.27. The van der Waals surface area contributed by atoms with Crippen molar-refractivity contribution in [3.63, 3.8) is 0 Å². The number of rotatable bonds is 5. The molecule has 0 aliphatic heterocycles. The van der Waals surface area contributed by atoms with Gasteiger partial charge in [-0.1, -0.05) is 12.1 Å². The van der Waals surface area contributed by atoms with Crippen LogP contribution in [0.2, 0.25) is 0 Å². The molecule has 0 radical (unpaired) electrons. The van der Waals surface area contributed by atoms with Crippen molar-refractivity contribution in [1.29, 1.82) is 0 Å². The molecule has 2 N–H and O–H groups in total. The summed E-state index contributed by atoms with van der Waals surface area (Å²) in [4.78, 5) is 43.3. The lowest BCUT2D eigenvalue weighted by Gasteiger charge is -2.11. The number of hydrogen-bond acceptors (Lipinski definition) is 7. The molecule has 1 aromatic carbocycles. The first-order valence-electron chi connectivity index (χ1n) is 8.90. The number of hydrogen-bond donors (Lipinski definition) is 2. The van der Waals surface area contributed by atoms with Gasteiger partial charge >= 0.3 is 0 Å². The van der Waals surface area contributed by atoms with Crippen molar-refractivity contribution in [2.24, 2.45) is 0 Å². The molecule has 10 nitrogen and oxygen atoms in total. The number of aromatic nitrogens is 4. The van der Waals surface area contributed by atoms with Crippen LogP contribution in [0.5, 0.6) is 0 Å². The van der Waals surface area contributed by atoms with Crippen molar-refractivity contribution >= 4 is 33.7 Å². The fourth-order valence-electron chi connectivity index (χ4n) is 3.18. The summed E-state index contributed by atoms with van der Waals surface area (Å²) in [6.45, 7) is 3.60. The molecule has 0 spiro atoms. The van der Waals surface area contributed by atoms with Crippen LogP contribution in [-0.4, -0.2) is 30.4 Å². The first kappa shape index (κ1) is 19.5. The second kappa shape index (κ2) is 7.52. The van der Waals surface area contributed by atoms with Gasteiger partial charge < -0.3 is 5.32 Å². The summed E-state index contributed by atoms with van der Waals surface area (Å²) in [5.41, 5.74) is 3.46. The number of nitro benzene ring substituents is 1. The van der Waals surface area contributed by atoms with Gasteiger partial charge in [-0.25, -0.2) is 14.5 Å². The third kappa shape index (κ3) is 3.70. The van der Waals surface area contributed by atoms with Crippen molar-refractivity contribution in [3.05, 3.63) is 73.1 Å². The zero-order valence-electron chi connectivity index (χ0n) is 16.0.